The molecule has 1 amide bonds. The van der Waals surface area contributed by atoms with Gasteiger partial charge < -0.3 is 25.3 Å². The number of fused-ring (bicyclic) bond motifs is 1. The number of carboxylic acids is 1. The molecule has 2 aromatic carbocycles. The average Bonchev–Trinajstić information content (AvgIpc) is 3.17. The van der Waals surface area contributed by atoms with Gasteiger partial charge in [-0.3, -0.25) is 13.8 Å². The highest BCUT2D eigenvalue weighted by atomic mass is 32.2. The zero-order valence-corrected chi connectivity index (χ0v) is 21.8. The lowest BCUT2D eigenvalue weighted by Crippen LogP contribution is -2.14. The van der Waals surface area contributed by atoms with Crippen LogP contribution in [0.25, 0.3) is 5.52 Å². The number of aromatic carboxylic acids is 1. The number of nitrogens with two attached hydrogens (primary N) is 1. The highest BCUT2D eigenvalue weighted by Crippen LogP contribution is 2.31. The number of benzene rings is 2. The number of amides is 1. The number of hydrogen-bond donors (Lipinski definition) is 3. The van der Waals surface area contributed by atoms with Gasteiger partial charge in [0.25, 0.3) is 16.0 Å². The van der Waals surface area contributed by atoms with Gasteiger partial charge in [-0.25, -0.2) is 4.79 Å². The predicted molar refractivity (Wildman–Crippen MR) is 144 cm³/mol. The van der Waals surface area contributed by atoms with Crippen molar-refractivity contribution in [2.24, 2.45) is 0 Å². The Hall–Kier alpha value is -4.68. The fraction of sp³-hybridized carbons (Fsp3) is 0.148. The molecule has 4 rings (SSSR count). The highest BCUT2D eigenvalue weighted by Gasteiger charge is 2.24. The number of ether oxygens (including phenoxy) is 1. The Balaban J connectivity index is 1.62. The molecule has 2 aromatic heterocycles. The van der Waals surface area contributed by atoms with Gasteiger partial charge in [0.1, 0.15) is 19.0 Å². The maximum absolute atomic E-state index is 13.5. The van der Waals surface area contributed by atoms with Gasteiger partial charge in [0.2, 0.25) is 5.78 Å². The van der Waals surface area contributed by atoms with E-state index in [1.807, 2.05) is 0 Å². The molecule has 0 spiro atoms. The maximum Gasteiger partial charge on any atom is 0.337 e. The lowest BCUT2D eigenvalue weighted by Gasteiger charge is -2.09. The number of carbonyl (C=O) groups excluding carboxylic acids is 2. The van der Waals surface area contributed by atoms with E-state index in [1.165, 1.54) is 24.3 Å². The SMILES string of the molecule is Cc1c(NC(=O)c2cccc(OCCOS(C)(=O)=O)c2)c2ccccn2c1C(=O)c1ccc(N)c(C(=O)O)c1. The first-order valence-electron chi connectivity index (χ1n) is 11.6. The van der Waals surface area contributed by atoms with Crippen LogP contribution >= 0.6 is 0 Å². The molecule has 0 radical (unpaired) electrons. The number of anilines is 2. The second kappa shape index (κ2) is 11.0. The van der Waals surface area contributed by atoms with Crippen molar-refractivity contribution in [3.63, 3.8) is 0 Å². The molecular weight excluding hydrogens is 526 g/mol. The molecule has 12 heteroatoms. The van der Waals surface area contributed by atoms with Crippen LogP contribution in [0.3, 0.4) is 0 Å². The summed E-state index contributed by atoms with van der Waals surface area (Å²) in [7, 11) is -3.59. The summed E-state index contributed by atoms with van der Waals surface area (Å²) >= 11 is 0. The molecule has 0 aliphatic heterocycles. The van der Waals surface area contributed by atoms with E-state index in [1.54, 1.807) is 53.9 Å². The molecule has 0 aliphatic carbocycles. The topological polar surface area (TPSA) is 166 Å². The first kappa shape index (κ1) is 27.4. The Kier molecular flexibility index (Phi) is 7.70. The lowest BCUT2D eigenvalue weighted by atomic mass is 10.0. The van der Waals surface area contributed by atoms with Crippen molar-refractivity contribution in [3.8, 4) is 5.75 Å². The molecule has 202 valence electrons. The number of nitrogens with one attached hydrogen (secondary N) is 1. The average molecular weight is 552 g/mol. The van der Waals surface area contributed by atoms with Crippen molar-refractivity contribution in [1.82, 2.24) is 4.40 Å². The first-order chi connectivity index (χ1) is 18.5. The minimum absolute atomic E-state index is 0.0397. The van der Waals surface area contributed by atoms with Gasteiger partial charge in [0.15, 0.2) is 0 Å². The Morgan fingerprint density at radius 1 is 1.00 bits per heavy atom. The van der Waals surface area contributed by atoms with Gasteiger partial charge in [-0.2, -0.15) is 8.42 Å². The predicted octanol–water partition coefficient (Wildman–Crippen LogP) is 3.37. The van der Waals surface area contributed by atoms with E-state index < -0.39 is 27.8 Å². The minimum atomic E-state index is -3.59. The van der Waals surface area contributed by atoms with Gasteiger partial charge in [-0.15, -0.1) is 0 Å². The summed E-state index contributed by atoms with van der Waals surface area (Å²) in [5.74, 6) is -1.82. The third-order valence-electron chi connectivity index (χ3n) is 5.83. The van der Waals surface area contributed by atoms with Crippen molar-refractivity contribution in [2.45, 2.75) is 6.92 Å². The smallest absolute Gasteiger partial charge is 0.337 e. The molecule has 4 aromatic rings. The molecule has 0 bridgehead atoms. The van der Waals surface area contributed by atoms with E-state index in [2.05, 4.69) is 9.50 Å². The van der Waals surface area contributed by atoms with Crippen LogP contribution in [-0.2, 0) is 14.3 Å². The number of hydrogen-bond acceptors (Lipinski definition) is 8. The van der Waals surface area contributed by atoms with E-state index in [4.69, 9.17) is 10.5 Å². The summed E-state index contributed by atoms with van der Waals surface area (Å²) in [6, 6.07) is 15.6. The van der Waals surface area contributed by atoms with Gasteiger partial charge in [0.05, 0.1) is 28.7 Å². The third-order valence-corrected chi connectivity index (χ3v) is 6.43. The quantitative estimate of drug-likeness (QED) is 0.116. The van der Waals surface area contributed by atoms with Crippen LogP contribution in [0.2, 0.25) is 0 Å². The summed E-state index contributed by atoms with van der Waals surface area (Å²) in [6.45, 7) is 1.47. The third kappa shape index (κ3) is 6.08. The summed E-state index contributed by atoms with van der Waals surface area (Å²) in [5.41, 5.74) is 7.71. The molecule has 0 unspecified atom stereocenters. The molecule has 0 saturated heterocycles. The van der Waals surface area contributed by atoms with Gasteiger partial charge in [-0.05, 0) is 55.5 Å². The van der Waals surface area contributed by atoms with Crippen LogP contribution in [0.5, 0.6) is 5.75 Å². The van der Waals surface area contributed by atoms with Crippen LogP contribution in [0, 0.1) is 6.92 Å². The largest absolute Gasteiger partial charge is 0.491 e. The Morgan fingerprint density at radius 2 is 1.77 bits per heavy atom. The van der Waals surface area contributed by atoms with Crippen molar-refractivity contribution < 1.29 is 36.8 Å². The van der Waals surface area contributed by atoms with E-state index in [9.17, 15) is 27.9 Å². The normalized spacial score (nSPS) is 11.3. The number of nitrogen functional groups attached to an aromatic ring is 1. The van der Waals surface area contributed by atoms with E-state index in [0.717, 1.165) is 6.26 Å². The van der Waals surface area contributed by atoms with Crippen molar-refractivity contribution in [1.29, 1.82) is 0 Å². The van der Waals surface area contributed by atoms with Gasteiger partial charge in [0, 0.05) is 28.6 Å². The second-order valence-corrected chi connectivity index (χ2v) is 10.2. The fourth-order valence-corrected chi connectivity index (χ4v) is 4.42. The van der Waals surface area contributed by atoms with Crippen LogP contribution in [0.1, 0.15) is 42.3 Å². The highest BCUT2D eigenvalue weighted by molar-refractivity contribution is 7.85. The monoisotopic (exact) mass is 551 g/mol. The van der Waals surface area contributed by atoms with E-state index in [0.29, 0.717) is 22.5 Å². The van der Waals surface area contributed by atoms with Crippen molar-refractivity contribution in [3.05, 3.63) is 94.8 Å². The number of carboxylic acid groups (broad SMARTS) is 1. The number of ketones is 1. The van der Waals surface area contributed by atoms with Crippen molar-refractivity contribution >= 4 is 44.7 Å². The first-order valence-corrected chi connectivity index (χ1v) is 13.4. The lowest BCUT2D eigenvalue weighted by molar-refractivity contribution is 0.0697. The molecule has 2 heterocycles. The number of pyridine rings is 1. The molecule has 39 heavy (non-hydrogen) atoms. The van der Waals surface area contributed by atoms with E-state index in [-0.39, 0.29) is 41.3 Å². The summed E-state index contributed by atoms with van der Waals surface area (Å²) < 4.78 is 33.9. The van der Waals surface area contributed by atoms with E-state index >= 15 is 0 Å². The van der Waals surface area contributed by atoms with Crippen LogP contribution in [0.15, 0.2) is 66.9 Å². The molecule has 0 atom stereocenters. The molecule has 4 N–H and O–H groups in total. The Bertz CT molecular complexity index is 1710. The Morgan fingerprint density at radius 3 is 2.49 bits per heavy atom. The maximum atomic E-state index is 13.5. The zero-order chi connectivity index (χ0) is 28.3. The van der Waals surface area contributed by atoms with Gasteiger partial charge in [-0.1, -0.05) is 12.1 Å². The van der Waals surface area contributed by atoms with Crippen LogP contribution < -0.4 is 15.8 Å². The summed E-state index contributed by atoms with van der Waals surface area (Å²) in [5, 5.41) is 12.3. The number of rotatable bonds is 10. The van der Waals surface area contributed by atoms with Crippen LogP contribution in [0.4, 0.5) is 11.4 Å². The fourth-order valence-electron chi connectivity index (χ4n) is 4.05. The molecule has 11 nitrogen and oxygen atoms in total. The molecule has 0 fully saturated rings. The molecule has 0 saturated carbocycles. The second-order valence-electron chi connectivity index (χ2n) is 8.60. The standard InChI is InChI=1S/C27H25N3O8S/c1-16-23(29-26(32)18-6-5-7-19(14-18)37-12-13-38-39(2,35)36)22-8-3-4-11-30(22)24(16)25(31)17-9-10-21(28)20(15-17)27(33)34/h3-11,14-15H,12-13,28H2,1-2H3,(H,29,32)(H,33,34). The Labute approximate surface area is 223 Å². The summed E-state index contributed by atoms with van der Waals surface area (Å²) in [4.78, 5) is 38.2. The van der Waals surface area contributed by atoms with Crippen LogP contribution in [-0.4, -0.2) is 55.1 Å². The zero-order valence-electron chi connectivity index (χ0n) is 21.0. The molecule has 0 aliphatic rings. The van der Waals surface area contributed by atoms with Gasteiger partial charge >= 0.3 is 5.97 Å². The summed E-state index contributed by atoms with van der Waals surface area (Å²) in [6.07, 6.45) is 2.61. The number of carbonyl (C=O) groups is 3. The number of nitrogens with zero attached hydrogens (tertiary/aromatic N) is 1. The van der Waals surface area contributed by atoms with Crippen molar-refractivity contribution in [2.75, 3.05) is 30.5 Å². The number of aromatic nitrogens is 1. The molecular formula is C27H25N3O8S. The minimum Gasteiger partial charge on any atom is -0.491 e.